The van der Waals surface area contributed by atoms with Crippen molar-refractivity contribution in [3.05, 3.63) is 0 Å². The van der Waals surface area contributed by atoms with Crippen molar-refractivity contribution in [2.45, 2.75) is 31.8 Å². The molecule has 0 aromatic rings. The van der Waals surface area contributed by atoms with Crippen LogP contribution in [0.5, 0.6) is 0 Å². The molecular formula is C8H15N3O4. The summed E-state index contributed by atoms with van der Waals surface area (Å²) in [5.74, 6) is -2.49. The van der Waals surface area contributed by atoms with Crippen LogP contribution in [-0.2, 0) is 14.4 Å². The smallest absolute Gasteiger partial charge is 0.326 e. The molecule has 0 aliphatic carbocycles. The van der Waals surface area contributed by atoms with Gasteiger partial charge in [-0.25, -0.2) is 4.79 Å². The summed E-state index contributed by atoms with van der Waals surface area (Å²) in [5, 5.41) is 10.9. The van der Waals surface area contributed by atoms with Gasteiger partial charge < -0.3 is 21.9 Å². The van der Waals surface area contributed by atoms with Gasteiger partial charge in [0.25, 0.3) is 0 Å². The Bertz CT molecular complexity index is 284. The first kappa shape index (κ1) is 11.4. The highest BCUT2D eigenvalue weighted by Gasteiger charge is 2.21. The number of carboxylic acid groups (broad SMARTS) is 1. The maximum Gasteiger partial charge on any atom is 0.326 e. The van der Waals surface area contributed by atoms with Crippen molar-refractivity contribution in [2.24, 2.45) is 11.5 Å². The Labute approximate surface area is 88.3 Å². The van der Waals surface area contributed by atoms with Crippen molar-refractivity contribution in [1.82, 2.24) is 5.32 Å². The third-order valence-corrected chi connectivity index (χ3v) is 1.69. The summed E-state index contributed by atoms with van der Waals surface area (Å²) in [4.78, 5) is 32.5. The number of carbonyl (C=O) groups is 3. The van der Waals surface area contributed by atoms with Crippen molar-refractivity contribution in [1.29, 1.82) is 0 Å². The quantitative estimate of drug-likeness (QED) is 0.398. The zero-order valence-electron chi connectivity index (χ0n) is 9.32. The first-order chi connectivity index (χ1) is 7.38. The second kappa shape index (κ2) is 5.97. The number of hydrogen-bond donors (Lipinski definition) is 4. The van der Waals surface area contributed by atoms with Crippen LogP contribution >= 0.6 is 0 Å². The summed E-state index contributed by atoms with van der Waals surface area (Å²) in [6.07, 6.45) is -0.193. The van der Waals surface area contributed by atoms with Gasteiger partial charge in [-0.1, -0.05) is 0 Å². The van der Waals surface area contributed by atoms with Gasteiger partial charge in [-0.05, 0) is 13.3 Å². The Kier molecular flexibility index (Phi) is 4.55. The second-order valence-electron chi connectivity index (χ2n) is 3.13. The minimum atomic E-state index is -1.24. The lowest BCUT2D eigenvalue weighted by Gasteiger charge is -2.14. The fraction of sp³-hybridized carbons (Fsp3) is 0.625. The molecule has 0 aliphatic rings. The van der Waals surface area contributed by atoms with Crippen molar-refractivity contribution in [3.63, 3.8) is 0 Å². The van der Waals surface area contributed by atoms with Crippen LogP contribution in [0.2, 0.25) is 1.41 Å². The first-order valence-electron chi connectivity index (χ1n) is 4.87. The zero-order chi connectivity index (χ0) is 12.7. The maximum absolute atomic E-state index is 11.3. The van der Waals surface area contributed by atoms with Crippen molar-refractivity contribution in [3.8, 4) is 0 Å². The molecule has 0 rings (SSSR count). The predicted molar refractivity (Wildman–Crippen MR) is 51.6 cm³/mol. The number of nitrogens with two attached hydrogens (primary N) is 2. The fourth-order valence-electron chi connectivity index (χ4n) is 0.841. The van der Waals surface area contributed by atoms with Gasteiger partial charge in [0, 0.05) is 6.42 Å². The topological polar surface area (TPSA) is 136 Å². The highest BCUT2D eigenvalue weighted by molar-refractivity contribution is 5.86. The van der Waals surface area contributed by atoms with Crippen LogP contribution in [0, 0.1) is 0 Å². The SMILES string of the molecule is [2H]N[C@H](C)C(=O)N[C@@H](CCC(N)=O)C(=O)O. The number of aliphatic carboxylic acids is 1. The predicted octanol–water partition coefficient (Wildman–Crippen LogP) is -1.83. The number of carbonyl (C=O) groups excluding carboxylic acids is 2. The summed E-state index contributed by atoms with van der Waals surface area (Å²) >= 11 is 0. The van der Waals surface area contributed by atoms with Gasteiger partial charge in [0.15, 0.2) is 0 Å². The van der Waals surface area contributed by atoms with Gasteiger partial charge in [-0.15, -0.1) is 0 Å². The summed E-state index contributed by atoms with van der Waals surface area (Å²) in [7, 11) is 0. The Morgan fingerprint density at radius 2 is 2.13 bits per heavy atom. The number of amides is 2. The normalized spacial score (nSPS) is 14.9. The van der Waals surface area contributed by atoms with Gasteiger partial charge in [0.2, 0.25) is 11.8 Å². The summed E-state index contributed by atoms with van der Waals surface area (Å²) in [5.41, 5.74) is 6.80. The molecular weight excluding hydrogens is 202 g/mol. The Balaban J connectivity index is 4.28. The average molecular weight is 218 g/mol. The van der Waals surface area contributed by atoms with Gasteiger partial charge in [-0.2, -0.15) is 0 Å². The minimum absolute atomic E-state index is 0.0683. The van der Waals surface area contributed by atoms with Crippen molar-refractivity contribution < 1.29 is 20.9 Å². The molecule has 0 radical (unpaired) electrons. The second-order valence-corrected chi connectivity index (χ2v) is 3.13. The number of primary amides is 1. The van der Waals surface area contributed by atoms with E-state index >= 15 is 0 Å². The molecule has 0 spiro atoms. The Morgan fingerprint density at radius 1 is 1.53 bits per heavy atom. The van der Waals surface area contributed by atoms with Crippen LogP contribution in [0.25, 0.3) is 0 Å². The van der Waals surface area contributed by atoms with Crippen LogP contribution in [0.3, 0.4) is 0 Å². The molecule has 2 atom stereocenters. The highest BCUT2D eigenvalue weighted by atomic mass is 16.4. The molecule has 6 N–H and O–H groups in total. The maximum atomic E-state index is 11.3. The van der Waals surface area contributed by atoms with E-state index < -0.39 is 29.9 Å². The van der Waals surface area contributed by atoms with Gasteiger partial charge in [-0.3, -0.25) is 9.59 Å². The third-order valence-electron chi connectivity index (χ3n) is 1.69. The lowest BCUT2D eigenvalue weighted by Crippen LogP contribution is -2.47. The van der Waals surface area contributed by atoms with Crippen molar-refractivity contribution >= 4 is 17.8 Å². The molecule has 0 saturated carbocycles. The lowest BCUT2D eigenvalue weighted by atomic mass is 10.1. The van der Waals surface area contributed by atoms with E-state index in [0.717, 1.165) is 0 Å². The number of rotatable bonds is 7. The van der Waals surface area contributed by atoms with Crippen LogP contribution in [0.1, 0.15) is 19.8 Å². The van der Waals surface area contributed by atoms with E-state index in [-0.39, 0.29) is 12.8 Å². The molecule has 0 aromatic carbocycles. The van der Waals surface area contributed by atoms with Gasteiger partial charge >= 0.3 is 5.97 Å². The third kappa shape index (κ3) is 5.63. The Hall–Kier alpha value is -1.63. The van der Waals surface area contributed by atoms with E-state index in [1.807, 2.05) is 5.73 Å². The van der Waals surface area contributed by atoms with Crippen LogP contribution in [0.4, 0.5) is 0 Å². The number of carboxylic acids is 1. The van der Waals surface area contributed by atoms with E-state index in [4.69, 9.17) is 12.3 Å². The molecule has 86 valence electrons. The highest BCUT2D eigenvalue weighted by Crippen LogP contribution is 1.97. The minimum Gasteiger partial charge on any atom is -0.480 e. The molecule has 7 nitrogen and oxygen atoms in total. The Morgan fingerprint density at radius 3 is 2.53 bits per heavy atom. The van der Waals surface area contributed by atoms with E-state index in [1.165, 1.54) is 6.92 Å². The summed E-state index contributed by atoms with van der Waals surface area (Å²) < 4.78 is 6.73. The molecule has 7 heteroatoms. The van der Waals surface area contributed by atoms with Crippen LogP contribution in [0.15, 0.2) is 0 Å². The molecule has 0 saturated heterocycles. The monoisotopic (exact) mass is 218 g/mol. The summed E-state index contributed by atoms with van der Waals surface area (Å²) in [6, 6.07) is -1.99. The van der Waals surface area contributed by atoms with Crippen LogP contribution in [-0.4, -0.2) is 35.0 Å². The van der Waals surface area contributed by atoms with Gasteiger partial charge in [0.05, 0.1) is 6.04 Å². The van der Waals surface area contributed by atoms with Gasteiger partial charge in [0.1, 0.15) is 7.45 Å². The van der Waals surface area contributed by atoms with E-state index in [0.29, 0.717) is 0 Å². The molecule has 0 bridgehead atoms. The lowest BCUT2D eigenvalue weighted by molar-refractivity contribution is -0.142. The van der Waals surface area contributed by atoms with E-state index in [2.05, 4.69) is 5.32 Å². The number of hydrogen-bond acceptors (Lipinski definition) is 4. The van der Waals surface area contributed by atoms with Crippen molar-refractivity contribution in [2.75, 3.05) is 0 Å². The standard InChI is InChI=1S/C8H15N3O4/c1-4(9)7(13)11-5(8(14)15)2-3-6(10)12/h4-5H,2-3,9H2,1H3,(H2,10,12)(H,11,13)(H,14,15)/t4-,5+/m1/s1/i/hD. The summed E-state index contributed by atoms with van der Waals surface area (Å²) in [6.45, 7) is 1.41. The molecule has 2 amide bonds. The largest absolute Gasteiger partial charge is 0.480 e. The molecule has 0 fully saturated rings. The van der Waals surface area contributed by atoms with E-state index in [9.17, 15) is 14.4 Å². The zero-order valence-corrected chi connectivity index (χ0v) is 8.32. The molecule has 0 aliphatic heterocycles. The average Bonchev–Trinajstić information content (AvgIpc) is 2.21. The molecule has 0 unspecified atom stereocenters. The number of nitrogens with one attached hydrogen (secondary N) is 1. The fourth-order valence-corrected chi connectivity index (χ4v) is 0.841. The molecule has 15 heavy (non-hydrogen) atoms. The first-order valence-corrected chi connectivity index (χ1v) is 4.37. The van der Waals surface area contributed by atoms with Crippen LogP contribution < -0.4 is 16.8 Å². The van der Waals surface area contributed by atoms with E-state index in [1.54, 1.807) is 0 Å². The molecule has 0 heterocycles. The molecule has 0 aromatic heterocycles.